The summed E-state index contributed by atoms with van der Waals surface area (Å²) in [5, 5.41) is 3.43. The van der Waals surface area contributed by atoms with Gasteiger partial charge in [0.1, 0.15) is 0 Å². The minimum Gasteiger partial charge on any atom is -0.325 e. The molecule has 1 heterocycles. The van der Waals surface area contributed by atoms with Crippen molar-refractivity contribution in [3.63, 3.8) is 0 Å². The Bertz CT molecular complexity index is 419. The van der Waals surface area contributed by atoms with Gasteiger partial charge in [0.05, 0.1) is 10.7 Å². The van der Waals surface area contributed by atoms with E-state index in [-0.39, 0.29) is 11.0 Å². The third-order valence-electron chi connectivity index (χ3n) is 4.33. The van der Waals surface area contributed by atoms with Crippen molar-refractivity contribution in [1.29, 1.82) is 0 Å². The first-order valence-electron chi connectivity index (χ1n) is 7.52. The van der Waals surface area contributed by atoms with E-state index in [9.17, 15) is 0 Å². The molecule has 1 fully saturated rings. The summed E-state index contributed by atoms with van der Waals surface area (Å²) in [5.41, 5.74) is 7.98. The van der Waals surface area contributed by atoms with Crippen molar-refractivity contribution in [3.8, 4) is 0 Å². The van der Waals surface area contributed by atoms with Crippen LogP contribution in [0.1, 0.15) is 70.5 Å². The fraction of sp³-hybridized carbons (Fsp3) is 0.812. The predicted molar refractivity (Wildman–Crippen MR) is 83.7 cm³/mol. The van der Waals surface area contributed by atoms with Gasteiger partial charge in [-0.15, -0.1) is 11.3 Å². The molecule has 2 rings (SSSR count). The van der Waals surface area contributed by atoms with Crippen LogP contribution in [0.4, 0.5) is 0 Å². The summed E-state index contributed by atoms with van der Waals surface area (Å²) < 4.78 is 0. The van der Waals surface area contributed by atoms with Gasteiger partial charge in [-0.2, -0.15) is 0 Å². The molecule has 0 spiro atoms. The number of hydrogen-bond acceptors (Lipinski definition) is 3. The fourth-order valence-electron chi connectivity index (χ4n) is 2.82. The summed E-state index contributed by atoms with van der Waals surface area (Å²) in [6.07, 6.45) is 7.15. The number of hydrogen-bond donors (Lipinski definition) is 1. The molecular formula is C16H28N2S. The van der Waals surface area contributed by atoms with Crippen LogP contribution in [0, 0.1) is 5.92 Å². The molecule has 108 valence electrons. The third-order valence-corrected chi connectivity index (χ3v) is 5.18. The lowest BCUT2D eigenvalue weighted by molar-refractivity contribution is 0.362. The Balaban J connectivity index is 2.05. The minimum atomic E-state index is -0.0161. The molecule has 0 aliphatic heterocycles. The van der Waals surface area contributed by atoms with Crippen LogP contribution in [0.15, 0.2) is 5.38 Å². The van der Waals surface area contributed by atoms with Crippen LogP contribution in [0.2, 0.25) is 0 Å². The molecule has 2 atom stereocenters. The number of aromatic nitrogens is 1. The van der Waals surface area contributed by atoms with Crippen molar-refractivity contribution in [2.24, 2.45) is 11.7 Å². The van der Waals surface area contributed by atoms with Crippen molar-refractivity contribution in [2.75, 3.05) is 0 Å². The fourth-order valence-corrected chi connectivity index (χ4v) is 4.00. The zero-order chi connectivity index (χ0) is 14.1. The van der Waals surface area contributed by atoms with Gasteiger partial charge in [-0.1, -0.05) is 40.5 Å². The Morgan fingerprint density at radius 3 is 2.74 bits per heavy atom. The second-order valence-electron chi connectivity index (χ2n) is 7.45. The summed E-state index contributed by atoms with van der Waals surface area (Å²) in [6, 6.07) is 0. The van der Waals surface area contributed by atoms with Gasteiger partial charge < -0.3 is 5.73 Å². The van der Waals surface area contributed by atoms with Crippen LogP contribution >= 0.6 is 11.3 Å². The highest BCUT2D eigenvalue weighted by Crippen LogP contribution is 2.32. The number of nitrogens with two attached hydrogens (primary N) is 1. The standard InChI is InChI=1S/C16H28N2S/c1-12-6-5-8-16(17,9-7-12)10-14-18-13(11-19-14)15(2,3)4/h11-12H,5-10,17H2,1-4H3. The highest BCUT2D eigenvalue weighted by molar-refractivity contribution is 7.09. The van der Waals surface area contributed by atoms with Crippen LogP contribution in [-0.4, -0.2) is 10.5 Å². The molecule has 0 amide bonds. The third kappa shape index (κ3) is 4.03. The molecule has 2 N–H and O–H groups in total. The number of nitrogens with zero attached hydrogens (tertiary/aromatic N) is 1. The van der Waals surface area contributed by atoms with E-state index in [4.69, 9.17) is 10.7 Å². The summed E-state index contributed by atoms with van der Waals surface area (Å²) in [7, 11) is 0. The van der Waals surface area contributed by atoms with Gasteiger partial charge in [0, 0.05) is 22.8 Å². The van der Waals surface area contributed by atoms with Crippen LogP contribution < -0.4 is 5.73 Å². The maximum atomic E-state index is 6.64. The van der Waals surface area contributed by atoms with Gasteiger partial charge in [0.25, 0.3) is 0 Å². The zero-order valence-electron chi connectivity index (χ0n) is 12.8. The number of rotatable bonds is 2. The van der Waals surface area contributed by atoms with Crippen LogP contribution in [0.25, 0.3) is 0 Å². The average Bonchev–Trinajstić information content (AvgIpc) is 2.68. The van der Waals surface area contributed by atoms with E-state index in [1.165, 1.54) is 30.0 Å². The minimum absolute atomic E-state index is 0.0161. The molecule has 0 saturated heterocycles. The van der Waals surface area contributed by atoms with E-state index >= 15 is 0 Å². The molecule has 1 aliphatic rings. The Kier molecular flexibility index (Phi) is 4.36. The van der Waals surface area contributed by atoms with Crippen molar-refractivity contribution in [3.05, 3.63) is 16.1 Å². The second-order valence-corrected chi connectivity index (χ2v) is 8.39. The molecule has 0 aromatic carbocycles. The van der Waals surface area contributed by atoms with E-state index in [1.807, 2.05) is 0 Å². The first-order chi connectivity index (χ1) is 8.78. The van der Waals surface area contributed by atoms with Crippen molar-refractivity contribution < 1.29 is 0 Å². The average molecular weight is 280 g/mol. The van der Waals surface area contributed by atoms with Crippen LogP contribution in [0.5, 0.6) is 0 Å². The van der Waals surface area contributed by atoms with Crippen LogP contribution in [-0.2, 0) is 11.8 Å². The molecular weight excluding hydrogens is 252 g/mol. The van der Waals surface area contributed by atoms with E-state index in [1.54, 1.807) is 11.3 Å². The Labute approximate surface area is 121 Å². The topological polar surface area (TPSA) is 38.9 Å². The maximum absolute atomic E-state index is 6.64. The number of thiazole rings is 1. The van der Waals surface area contributed by atoms with Crippen molar-refractivity contribution in [1.82, 2.24) is 4.98 Å². The van der Waals surface area contributed by atoms with Crippen molar-refractivity contribution in [2.45, 2.75) is 77.2 Å². The maximum Gasteiger partial charge on any atom is 0.0946 e. The molecule has 2 nitrogen and oxygen atoms in total. The first-order valence-corrected chi connectivity index (χ1v) is 8.40. The van der Waals surface area contributed by atoms with E-state index < -0.39 is 0 Å². The van der Waals surface area contributed by atoms with E-state index in [2.05, 4.69) is 33.1 Å². The Morgan fingerprint density at radius 1 is 1.37 bits per heavy atom. The Morgan fingerprint density at radius 2 is 2.11 bits per heavy atom. The summed E-state index contributed by atoms with van der Waals surface area (Å²) >= 11 is 1.79. The molecule has 3 heteroatoms. The molecule has 0 radical (unpaired) electrons. The molecule has 1 aliphatic carbocycles. The molecule has 2 unspecified atom stereocenters. The summed E-state index contributed by atoms with van der Waals surface area (Å²) in [4.78, 5) is 4.81. The first kappa shape index (κ1) is 15.0. The molecule has 0 bridgehead atoms. The van der Waals surface area contributed by atoms with Gasteiger partial charge in [0.2, 0.25) is 0 Å². The SMILES string of the molecule is CC1CCCC(N)(Cc2nc(C(C)(C)C)cs2)CC1. The smallest absolute Gasteiger partial charge is 0.0946 e. The van der Waals surface area contributed by atoms with Gasteiger partial charge in [0.15, 0.2) is 0 Å². The summed E-state index contributed by atoms with van der Waals surface area (Å²) in [6.45, 7) is 9.01. The van der Waals surface area contributed by atoms with Gasteiger partial charge >= 0.3 is 0 Å². The molecule has 1 aromatic heterocycles. The molecule has 19 heavy (non-hydrogen) atoms. The predicted octanol–water partition coefficient (Wildman–Crippen LogP) is 4.28. The highest BCUT2D eigenvalue weighted by atomic mass is 32.1. The molecule has 1 saturated carbocycles. The Hall–Kier alpha value is -0.410. The summed E-state index contributed by atoms with van der Waals surface area (Å²) in [5.74, 6) is 0.840. The normalized spacial score (nSPS) is 29.2. The lowest BCUT2D eigenvalue weighted by Crippen LogP contribution is -2.41. The molecule has 1 aromatic rings. The highest BCUT2D eigenvalue weighted by Gasteiger charge is 2.30. The van der Waals surface area contributed by atoms with Gasteiger partial charge in [-0.3, -0.25) is 0 Å². The van der Waals surface area contributed by atoms with Gasteiger partial charge in [-0.05, 0) is 25.2 Å². The lowest BCUT2D eigenvalue weighted by atomic mass is 9.87. The monoisotopic (exact) mass is 280 g/mol. The van der Waals surface area contributed by atoms with E-state index in [0.717, 1.165) is 25.2 Å². The second kappa shape index (κ2) is 5.53. The van der Waals surface area contributed by atoms with Crippen molar-refractivity contribution >= 4 is 11.3 Å². The lowest BCUT2D eigenvalue weighted by Gasteiger charge is -2.27. The van der Waals surface area contributed by atoms with Crippen LogP contribution in [0.3, 0.4) is 0 Å². The zero-order valence-corrected chi connectivity index (χ0v) is 13.6. The quantitative estimate of drug-likeness (QED) is 0.821. The largest absolute Gasteiger partial charge is 0.325 e. The van der Waals surface area contributed by atoms with Gasteiger partial charge in [-0.25, -0.2) is 4.98 Å². The van der Waals surface area contributed by atoms with E-state index in [0.29, 0.717) is 0 Å².